The summed E-state index contributed by atoms with van der Waals surface area (Å²) in [6.07, 6.45) is 0.500. The average molecular weight is 639 g/mol. The second kappa shape index (κ2) is 13.5. The van der Waals surface area contributed by atoms with E-state index in [1.807, 2.05) is 90.1 Å². The van der Waals surface area contributed by atoms with Crippen molar-refractivity contribution in [2.45, 2.75) is 75.4 Å². The Balaban J connectivity index is 1.31. The fraction of sp³-hybridized carbons (Fsp3) is 0.316. The van der Waals surface area contributed by atoms with Gasteiger partial charge in [-0.2, -0.15) is 0 Å². The maximum atomic E-state index is 13.4. The zero-order valence-electron chi connectivity index (χ0n) is 27.4. The minimum absolute atomic E-state index is 0.421. The zero-order chi connectivity index (χ0) is 33.1. The van der Waals surface area contributed by atoms with Crippen LogP contribution in [0.2, 0.25) is 0 Å². The number of amides is 2. The Morgan fingerprint density at radius 3 is 1.37 bits per heavy atom. The van der Waals surface area contributed by atoms with E-state index in [0.29, 0.717) is 25.9 Å². The lowest BCUT2D eigenvalue weighted by molar-refractivity contribution is 0.0517. The third-order valence-corrected chi connectivity index (χ3v) is 8.84. The van der Waals surface area contributed by atoms with Crippen LogP contribution in [0.5, 0.6) is 0 Å². The van der Waals surface area contributed by atoms with E-state index in [1.165, 1.54) is 0 Å². The normalized spacial score (nSPS) is 12.7. The summed E-state index contributed by atoms with van der Waals surface area (Å²) in [5.74, 6) is 0. The van der Waals surface area contributed by atoms with Gasteiger partial charge in [0.25, 0.3) is 0 Å². The molecule has 46 heavy (non-hydrogen) atoms. The molecule has 0 bridgehead atoms. The third kappa shape index (κ3) is 8.43. The maximum absolute atomic E-state index is 13.4. The van der Waals surface area contributed by atoms with Crippen LogP contribution in [0.25, 0.3) is 33.4 Å². The first-order valence-corrected chi connectivity index (χ1v) is 16.7. The Morgan fingerprint density at radius 2 is 0.978 bits per heavy atom. The largest absolute Gasteiger partial charge is 0.444 e. The number of benzene rings is 4. The second-order valence-corrected chi connectivity index (χ2v) is 14.9. The molecule has 1 aliphatic rings. The van der Waals surface area contributed by atoms with Crippen LogP contribution < -0.4 is 10.6 Å². The number of carbonyl (C=O) groups excluding carboxylic acids is 2. The minimum Gasteiger partial charge on any atom is -0.444 e. The topological polar surface area (TPSA) is 93.7 Å². The number of nitrogens with one attached hydrogen (secondary N) is 2. The maximum Gasteiger partial charge on any atom is 0.407 e. The predicted octanol–water partition coefficient (Wildman–Crippen LogP) is 8.30. The Hall–Kier alpha value is -4.43. The van der Waals surface area contributed by atoms with Gasteiger partial charge in [-0.25, -0.2) is 13.8 Å². The second-order valence-electron chi connectivity index (χ2n) is 13.4. The van der Waals surface area contributed by atoms with Gasteiger partial charge >= 0.3 is 12.2 Å². The molecule has 0 saturated heterocycles. The molecular formula is C38H42N2O5S. The molecule has 8 heteroatoms. The fourth-order valence-corrected chi connectivity index (χ4v) is 6.70. The van der Waals surface area contributed by atoms with Crippen LogP contribution in [0.15, 0.2) is 94.7 Å². The van der Waals surface area contributed by atoms with Crippen LogP contribution in [0, 0.1) is 0 Å². The van der Waals surface area contributed by atoms with E-state index in [1.54, 1.807) is 0 Å². The van der Waals surface area contributed by atoms with Crippen molar-refractivity contribution in [3.8, 4) is 33.4 Å². The predicted molar refractivity (Wildman–Crippen MR) is 183 cm³/mol. The number of rotatable bonds is 8. The van der Waals surface area contributed by atoms with Crippen LogP contribution in [0.4, 0.5) is 9.59 Å². The summed E-state index contributed by atoms with van der Waals surface area (Å²) in [7, 11) is -1.25. The number of alkyl carbamates (subject to hydrolysis) is 2. The number of hydrogen-bond acceptors (Lipinski definition) is 5. The van der Waals surface area contributed by atoms with Crippen molar-refractivity contribution < 1.29 is 23.3 Å². The number of fused-ring (bicyclic) bond motifs is 3. The van der Waals surface area contributed by atoms with Gasteiger partial charge in [0.1, 0.15) is 11.2 Å². The molecule has 0 spiro atoms. The molecule has 0 fully saturated rings. The molecule has 240 valence electrons. The molecule has 0 radical (unpaired) electrons. The van der Waals surface area contributed by atoms with Crippen molar-refractivity contribution in [2.75, 3.05) is 13.1 Å². The van der Waals surface area contributed by atoms with Gasteiger partial charge in [-0.1, -0.05) is 60.7 Å². The third-order valence-electron chi connectivity index (χ3n) is 7.33. The number of hydrogen-bond donors (Lipinski definition) is 2. The Bertz CT molecular complexity index is 1660. The molecule has 0 saturated carbocycles. The highest BCUT2D eigenvalue weighted by molar-refractivity contribution is 7.85. The van der Waals surface area contributed by atoms with Gasteiger partial charge in [-0.3, -0.25) is 0 Å². The Kier molecular flexibility index (Phi) is 9.68. The first-order chi connectivity index (χ1) is 21.8. The van der Waals surface area contributed by atoms with Crippen molar-refractivity contribution >= 4 is 23.0 Å². The van der Waals surface area contributed by atoms with Crippen LogP contribution >= 0.6 is 0 Å². The van der Waals surface area contributed by atoms with Gasteiger partial charge in [0.2, 0.25) is 0 Å². The lowest BCUT2D eigenvalue weighted by atomic mass is 9.95. The van der Waals surface area contributed by atoms with E-state index in [2.05, 4.69) is 47.0 Å². The number of ether oxygens (including phenoxy) is 2. The van der Waals surface area contributed by atoms with Gasteiger partial charge < -0.3 is 20.1 Å². The van der Waals surface area contributed by atoms with Crippen molar-refractivity contribution in [1.29, 1.82) is 0 Å². The van der Waals surface area contributed by atoms with E-state index in [0.717, 1.165) is 54.3 Å². The highest BCUT2D eigenvalue weighted by Gasteiger charge is 2.26. The fourth-order valence-electron chi connectivity index (χ4n) is 5.34. The summed E-state index contributed by atoms with van der Waals surface area (Å²) in [5, 5.41) is 5.65. The van der Waals surface area contributed by atoms with Crippen molar-refractivity contribution in [1.82, 2.24) is 10.6 Å². The minimum atomic E-state index is -1.25. The highest BCUT2D eigenvalue weighted by Crippen LogP contribution is 2.44. The van der Waals surface area contributed by atoms with E-state index in [4.69, 9.17) is 9.47 Å². The standard InChI is InChI=1S/C38H42N2O5S/c1-37(2,3)44-35(41)39-19-17-25-9-7-11-27(21-25)29-13-15-33-31(23-29)32-24-30(14-16-34(32)46(33)43)28-12-8-10-26(22-28)18-20-40-36(42)45-38(4,5)6/h7-16,21-24H,17-20H2,1-6H3,(H,39,41)(H,40,42). The van der Waals surface area contributed by atoms with Gasteiger partial charge in [0.05, 0.1) is 20.6 Å². The first-order valence-electron chi connectivity index (χ1n) is 15.6. The van der Waals surface area contributed by atoms with Gasteiger partial charge in [-0.05, 0) is 112 Å². The average Bonchev–Trinajstić information content (AvgIpc) is 3.26. The van der Waals surface area contributed by atoms with Crippen molar-refractivity contribution in [3.05, 3.63) is 96.1 Å². The molecule has 4 aromatic carbocycles. The molecule has 4 aromatic rings. The SMILES string of the molecule is CC(C)(C)OC(=O)NCCc1cccc(-c2ccc3c(c2)-c2cc(-c4cccc(CCNC(=O)OC(C)(C)C)c4)ccc2S3=O)c1. The molecule has 2 N–H and O–H groups in total. The van der Waals surface area contributed by atoms with Crippen LogP contribution in [-0.4, -0.2) is 40.7 Å². The van der Waals surface area contributed by atoms with E-state index >= 15 is 0 Å². The molecule has 0 aliphatic carbocycles. The molecule has 5 rings (SSSR count). The smallest absolute Gasteiger partial charge is 0.407 e. The summed E-state index contributed by atoms with van der Waals surface area (Å²) >= 11 is 0. The van der Waals surface area contributed by atoms with Gasteiger partial charge in [-0.15, -0.1) is 0 Å². The summed E-state index contributed by atoms with van der Waals surface area (Å²) < 4.78 is 24.1. The van der Waals surface area contributed by atoms with Gasteiger partial charge in [0.15, 0.2) is 0 Å². The summed E-state index contributed by atoms with van der Waals surface area (Å²) in [4.78, 5) is 25.7. The first kappa shape index (κ1) is 32.9. The molecule has 7 nitrogen and oxygen atoms in total. The number of carbonyl (C=O) groups is 2. The summed E-state index contributed by atoms with van der Waals surface area (Å²) in [6, 6.07) is 28.8. The van der Waals surface area contributed by atoms with Crippen LogP contribution in [0.3, 0.4) is 0 Å². The van der Waals surface area contributed by atoms with Crippen LogP contribution in [0.1, 0.15) is 52.7 Å². The lowest BCUT2D eigenvalue weighted by Gasteiger charge is -2.19. The molecule has 1 heterocycles. The molecular weight excluding hydrogens is 596 g/mol. The van der Waals surface area contributed by atoms with Gasteiger partial charge in [0, 0.05) is 24.2 Å². The molecule has 0 atom stereocenters. The van der Waals surface area contributed by atoms with Crippen molar-refractivity contribution in [2.24, 2.45) is 0 Å². The quantitative estimate of drug-likeness (QED) is 0.178. The zero-order valence-corrected chi connectivity index (χ0v) is 28.2. The van der Waals surface area contributed by atoms with E-state index in [9.17, 15) is 13.8 Å². The molecule has 1 aliphatic heterocycles. The summed E-state index contributed by atoms with van der Waals surface area (Å²) in [5.41, 5.74) is 7.26. The van der Waals surface area contributed by atoms with Crippen molar-refractivity contribution in [3.63, 3.8) is 0 Å². The highest BCUT2D eigenvalue weighted by atomic mass is 32.2. The Labute approximate surface area is 274 Å². The molecule has 2 amide bonds. The lowest BCUT2D eigenvalue weighted by Crippen LogP contribution is -2.33. The van der Waals surface area contributed by atoms with E-state index in [-0.39, 0.29) is 0 Å². The Morgan fingerprint density at radius 1 is 0.587 bits per heavy atom. The molecule has 0 unspecified atom stereocenters. The summed E-state index contributed by atoms with van der Waals surface area (Å²) in [6.45, 7) is 12.0. The van der Waals surface area contributed by atoms with E-state index < -0.39 is 34.2 Å². The van der Waals surface area contributed by atoms with Crippen LogP contribution in [-0.2, 0) is 33.1 Å². The monoisotopic (exact) mass is 638 g/mol. The molecule has 0 aromatic heterocycles.